The Bertz CT molecular complexity index is 1010. The lowest BCUT2D eigenvalue weighted by Gasteiger charge is -2.11. The third kappa shape index (κ3) is 5.57. The standard InChI is InChI=1S/C23H26N2O3S/c1-4-5-6-14-28-18-12-10-17(15-19(18)27-3)11-13-21(26)24-23-25-22-16(2)8-7-9-20(22)29-23/h7-13,15H,4-6,14H2,1-3H3,(H,24,25,26)/b13-11+. The van der Waals surface area contributed by atoms with Crippen molar-refractivity contribution >= 4 is 38.7 Å². The average molecular weight is 411 g/mol. The Balaban J connectivity index is 1.63. The summed E-state index contributed by atoms with van der Waals surface area (Å²) in [6.45, 7) is 4.84. The fraction of sp³-hybridized carbons (Fsp3) is 0.304. The predicted molar refractivity (Wildman–Crippen MR) is 120 cm³/mol. The van der Waals surface area contributed by atoms with Gasteiger partial charge in [-0.3, -0.25) is 10.1 Å². The second-order valence-corrected chi connectivity index (χ2v) is 7.76. The maximum absolute atomic E-state index is 12.3. The van der Waals surface area contributed by atoms with Crippen molar-refractivity contribution < 1.29 is 14.3 Å². The summed E-state index contributed by atoms with van der Waals surface area (Å²) in [6, 6.07) is 11.6. The largest absolute Gasteiger partial charge is 0.493 e. The van der Waals surface area contributed by atoms with Crippen LogP contribution in [0.3, 0.4) is 0 Å². The summed E-state index contributed by atoms with van der Waals surface area (Å²) in [5.41, 5.74) is 2.88. The van der Waals surface area contributed by atoms with E-state index in [4.69, 9.17) is 9.47 Å². The number of para-hydroxylation sites is 1. The molecule has 0 atom stereocenters. The molecule has 0 bridgehead atoms. The summed E-state index contributed by atoms with van der Waals surface area (Å²) < 4.78 is 12.3. The van der Waals surface area contributed by atoms with Crippen LogP contribution >= 0.6 is 11.3 Å². The Morgan fingerprint density at radius 2 is 2.07 bits per heavy atom. The van der Waals surface area contributed by atoms with Crippen LogP contribution in [0.2, 0.25) is 0 Å². The molecule has 29 heavy (non-hydrogen) atoms. The lowest BCUT2D eigenvalue weighted by Crippen LogP contribution is -2.07. The van der Waals surface area contributed by atoms with Crippen molar-refractivity contribution in [1.29, 1.82) is 0 Å². The highest BCUT2D eigenvalue weighted by Crippen LogP contribution is 2.29. The zero-order chi connectivity index (χ0) is 20.6. The van der Waals surface area contributed by atoms with Gasteiger partial charge in [0.15, 0.2) is 16.6 Å². The van der Waals surface area contributed by atoms with E-state index in [-0.39, 0.29) is 5.91 Å². The molecule has 0 spiro atoms. The summed E-state index contributed by atoms with van der Waals surface area (Å²) in [5.74, 6) is 1.15. The molecule has 2 aromatic carbocycles. The first-order valence-corrected chi connectivity index (χ1v) is 10.6. The van der Waals surface area contributed by atoms with Crippen LogP contribution in [0.25, 0.3) is 16.3 Å². The number of nitrogens with one attached hydrogen (secondary N) is 1. The molecule has 6 heteroatoms. The Kier molecular flexibility index (Phi) is 7.25. The number of amides is 1. The predicted octanol–water partition coefficient (Wildman–Crippen LogP) is 5.83. The Hall–Kier alpha value is -2.86. The molecular weight excluding hydrogens is 384 g/mol. The van der Waals surface area contributed by atoms with Gasteiger partial charge in [-0.05, 0) is 48.7 Å². The van der Waals surface area contributed by atoms with E-state index >= 15 is 0 Å². The first-order valence-electron chi connectivity index (χ1n) is 9.76. The van der Waals surface area contributed by atoms with E-state index in [1.54, 1.807) is 13.2 Å². The summed E-state index contributed by atoms with van der Waals surface area (Å²) in [6.07, 6.45) is 6.56. The second-order valence-electron chi connectivity index (χ2n) is 6.73. The van der Waals surface area contributed by atoms with Crippen LogP contribution in [-0.2, 0) is 4.79 Å². The molecule has 0 aliphatic carbocycles. The van der Waals surface area contributed by atoms with Crippen molar-refractivity contribution in [3.63, 3.8) is 0 Å². The normalized spacial score (nSPS) is 11.1. The Labute approximate surface area is 175 Å². The number of aryl methyl sites for hydroxylation is 1. The molecule has 0 unspecified atom stereocenters. The number of anilines is 1. The molecule has 1 N–H and O–H groups in total. The molecule has 152 valence electrons. The van der Waals surface area contributed by atoms with E-state index in [0.29, 0.717) is 17.5 Å². The lowest BCUT2D eigenvalue weighted by molar-refractivity contribution is -0.111. The number of fused-ring (bicyclic) bond motifs is 1. The van der Waals surface area contributed by atoms with E-state index in [9.17, 15) is 4.79 Å². The SMILES string of the molecule is CCCCCOc1ccc(/C=C/C(=O)Nc2nc3c(C)cccc3s2)cc1OC. The van der Waals surface area contributed by atoms with Crippen LogP contribution < -0.4 is 14.8 Å². The molecule has 5 nitrogen and oxygen atoms in total. The van der Waals surface area contributed by atoms with Gasteiger partial charge < -0.3 is 9.47 Å². The maximum atomic E-state index is 12.3. The van der Waals surface area contributed by atoms with E-state index in [1.165, 1.54) is 17.4 Å². The number of rotatable bonds is 9. The van der Waals surface area contributed by atoms with Gasteiger partial charge in [-0.2, -0.15) is 0 Å². The van der Waals surface area contributed by atoms with Crippen LogP contribution in [0.5, 0.6) is 11.5 Å². The Morgan fingerprint density at radius 1 is 1.21 bits per heavy atom. The number of thiazole rings is 1. The van der Waals surface area contributed by atoms with Crippen molar-refractivity contribution in [2.24, 2.45) is 0 Å². The lowest BCUT2D eigenvalue weighted by atomic mass is 10.2. The molecule has 1 amide bonds. The first kappa shape index (κ1) is 20.9. The smallest absolute Gasteiger partial charge is 0.250 e. The maximum Gasteiger partial charge on any atom is 0.250 e. The molecule has 0 saturated heterocycles. The number of hydrogen-bond acceptors (Lipinski definition) is 5. The van der Waals surface area contributed by atoms with Gasteiger partial charge in [-0.15, -0.1) is 0 Å². The van der Waals surface area contributed by atoms with Crippen molar-refractivity contribution in [1.82, 2.24) is 4.98 Å². The highest BCUT2D eigenvalue weighted by Gasteiger charge is 2.08. The number of unbranched alkanes of at least 4 members (excludes halogenated alkanes) is 2. The van der Waals surface area contributed by atoms with Crippen LogP contribution in [0, 0.1) is 6.92 Å². The zero-order valence-corrected chi connectivity index (χ0v) is 17.8. The molecular formula is C23H26N2O3S. The number of methoxy groups -OCH3 is 1. The first-order chi connectivity index (χ1) is 14.1. The number of hydrogen-bond donors (Lipinski definition) is 1. The van der Waals surface area contributed by atoms with Gasteiger partial charge in [-0.25, -0.2) is 4.98 Å². The highest BCUT2D eigenvalue weighted by molar-refractivity contribution is 7.22. The fourth-order valence-corrected chi connectivity index (χ4v) is 3.85. The van der Waals surface area contributed by atoms with E-state index in [1.807, 2.05) is 43.3 Å². The van der Waals surface area contributed by atoms with Crippen molar-refractivity contribution in [3.05, 3.63) is 53.6 Å². The summed E-state index contributed by atoms with van der Waals surface area (Å²) in [7, 11) is 1.61. The van der Waals surface area contributed by atoms with E-state index in [0.717, 1.165) is 46.4 Å². The van der Waals surface area contributed by atoms with Gasteiger partial charge in [0.2, 0.25) is 5.91 Å². The summed E-state index contributed by atoms with van der Waals surface area (Å²) in [5, 5.41) is 3.43. The van der Waals surface area contributed by atoms with Gasteiger partial charge in [0, 0.05) is 6.08 Å². The van der Waals surface area contributed by atoms with E-state index in [2.05, 4.69) is 17.2 Å². The summed E-state index contributed by atoms with van der Waals surface area (Å²) in [4.78, 5) is 16.8. The molecule has 0 radical (unpaired) electrons. The van der Waals surface area contributed by atoms with Gasteiger partial charge in [0.25, 0.3) is 0 Å². The number of benzene rings is 2. The fourth-order valence-electron chi connectivity index (χ4n) is 2.90. The summed E-state index contributed by atoms with van der Waals surface area (Å²) >= 11 is 1.47. The molecule has 1 aromatic heterocycles. The van der Waals surface area contributed by atoms with Crippen LogP contribution in [-0.4, -0.2) is 24.6 Å². The van der Waals surface area contributed by atoms with Crippen LogP contribution in [0.4, 0.5) is 5.13 Å². The topological polar surface area (TPSA) is 60.5 Å². The van der Waals surface area contributed by atoms with Crippen molar-refractivity contribution in [3.8, 4) is 11.5 Å². The third-order valence-corrected chi connectivity index (χ3v) is 5.41. The number of aromatic nitrogens is 1. The number of carbonyl (C=O) groups excluding carboxylic acids is 1. The monoisotopic (exact) mass is 410 g/mol. The van der Waals surface area contributed by atoms with Gasteiger partial charge in [0.05, 0.1) is 23.9 Å². The molecule has 1 heterocycles. The second kappa shape index (κ2) is 10.1. The third-order valence-electron chi connectivity index (χ3n) is 4.47. The number of nitrogens with zero attached hydrogens (tertiary/aromatic N) is 1. The van der Waals surface area contributed by atoms with Crippen molar-refractivity contribution in [2.45, 2.75) is 33.1 Å². The number of ether oxygens (including phenoxy) is 2. The minimum Gasteiger partial charge on any atom is -0.493 e. The zero-order valence-electron chi connectivity index (χ0n) is 17.0. The average Bonchev–Trinajstić information content (AvgIpc) is 3.14. The van der Waals surface area contributed by atoms with E-state index < -0.39 is 0 Å². The van der Waals surface area contributed by atoms with Crippen molar-refractivity contribution in [2.75, 3.05) is 19.0 Å². The van der Waals surface area contributed by atoms with Gasteiger partial charge in [0.1, 0.15) is 0 Å². The molecule has 0 aliphatic heterocycles. The molecule has 3 aromatic rings. The van der Waals surface area contributed by atoms with Gasteiger partial charge >= 0.3 is 0 Å². The van der Waals surface area contributed by atoms with Crippen LogP contribution in [0.15, 0.2) is 42.5 Å². The van der Waals surface area contributed by atoms with Crippen LogP contribution in [0.1, 0.15) is 37.3 Å². The minimum atomic E-state index is -0.222. The quantitative estimate of drug-likeness (QED) is 0.356. The molecule has 0 saturated carbocycles. The molecule has 3 rings (SSSR count). The number of carbonyl (C=O) groups is 1. The molecule has 0 fully saturated rings. The molecule has 0 aliphatic rings. The minimum absolute atomic E-state index is 0.222. The highest BCUT2D eigenvalue weighted by atomic mass is 32.1. The van der Waals surface area contributed by atoms with Gasteiger partial charge in [-0.1, -0.05) is 49.3 Å². The Morgan fingerprint density at radius 3 is 2.83 bits per heavy atom.